The smallest absolute Gasteiger partial charge is 0.203 e. The molecule has 0 aliphatic carbocycles. The van der Waals surface area contributed by atoms with Gasteiger partial charge in [0.05, 0.1) is 35.8 Å². The van der Waals surface area contributed by atoms with E-state index < -0.39 is 0 Å². The second-order valence-corrected chi connectivity index (χ2v) is 7.08. The number of hydrogen-bond acceptors (Lipinski definition) is 4. The van der Waals surface area contributed by atoms with Gasteiger partial charge in [0.15, 0.2) is 0 Å². The Morgan fingerprint density at radius 3 is 2.54 bits per heavy atom. The summed E-state index contributed by atoms with van der Waals surface area (Å²) < 4.78 is 8.93. The molecule has 3 aromatic rings. The SMILES string of the molecule is COc1ccc(/C=C/C(=O)c2cc(C)nn2C)cc1Cn1nc(C)c(Cl)c1C. The van der Waals surface area contributed by atoms with E-state index in [1.165, 1.54) is 0 Å². The van der Waals surface area contributed by atoms with Crippen molar-refractivity contribution in [2.75, 3.05) is 7.11 Å². The Hall–Kier alpha value is -2.86. The molecule has 0 bridgehead atoms. The fraction of sp³-hybridized carbons (Fsp3) is 0.286. The maximum absolute atomic E-state index is 12.4. The number of hydrogen-bond donors (Lipinski definition) is 0. The molecule has 0 spiro atoms. The molecule has 7 heteroatoms. The van der Waals surface area contributed by atoms with Gasteiger partial charge in [0, 0.05) is 12.6 Å². The summed E-state index contributed by atoms with van der Waals surface area (Å²) in [4.78, 5) is 12.4. The average Bonchev–Trinajstić information content (AvgIpc) is 3.13. The number of methoxy groups -OCH3 is 1. The summed E-state index contributed by atoms with van der Waals surface area (Å²) in [6.07, 6.45) is 3.35. The molecular formula is C21H23ClN4O2. The number of benzene rings is 1. The van der Waals surface area contributed by atoms with E-state index in [9.17, 15) is 4.79 Å². The number of halogens is 1. The molecule has 0 aliphatic heterocycles. The number of aromatic nitrogens is 4. The van der Waals surface area contributed by atoms with Crippen molar-refractivity contribution in [3.63, 3.8) is 0 Å². The Morgan fingerprint density at radius 2 is 1.96 bits per heavy atom. The molecule has 0 atom stereocenters. The van der Waals surface area contributed by atoms with Gasteiger partial charge in [-0.3, -0.25) is 14.2 Å². The molecule has 146 valence electrons. The molecule has 0 aliphatic rings. The third kappa shape index (κ3) is 4.02. The zero-order chi connectivity index (χ0) is 20.4. The Kier molecular flexibility index (Phi) is 5.70. The zero-order valence-electron chi connectivity index (χ0n) is 16.7. The van der Waals surface area contributed by atoms with Gasteiger partial charge >= 0.3 is 0 Å². The molecule has 0 radical (unpaired) electrons. The number of aryl methyl sites for hydroxylation is 3. The third-order valence-corrected chi connectivity index (χ3v) is 5.15. The van der Waals surface area contributed by atoms with E-state index >= 15 is 0 Å². The van der Waals surface area contributed by atoms with E-state index in [0.717, 1.165) is 34.0 Å². The molecule has 0 unspecified atom stereocenters. The maximum Gasteiger partial charge on any atom is 0.203 e. The van der Waals surface area contributed by atoms with Gasteiger partial charge in [0.1, 0.15) is 11.4 Å². The summed E-state index contributed by atoms with van der Waals surface area (Å²) in [6.45, 7) is 6.21. The van der Waals surface area contributed by atoms with E-state index in [4.69, 9.17) is 16.3 Å². The zero-order valence-corrected chi connectivity index (χ0v) is 17.4. The van der Waals surface area contributed by atoms with E-state index in [0.29, 0.717) is 17.3 Å². The monoisotopic (exact) mass is 398 g/mol. The van der Waals surface area contributed by atoms with Crippen LogP contribution in [0.1, 0.15) is 38.7 Å². The highest BCUT2D eigenvalue weighted by Gasteiger charge is 2.13. The first-order chi connectivity index (χ1) is 13.3. The fourth-order valence-corrected chi connectivity index (χ4v) is 3.25. The van der Waals surface area contributed by atoms with Gasteiger partial charge in [-0.2, -0.15) is 10.2 Å². The topological polar surface area (TPSA) is 61.9 Å². The fourth-order valence-electron chi connectivity index (χ4n) is 3.11. The molecule has 0 saturated heterocycles. The predicted molar refractivity (Wildman–Crippen MR) is 110 cm³/mol. The quantitative estimate of drug-likeness (QED) is 0.462. The minimum Gasteiger partial charge on any atom is -0.496 e. The number of nitrogens with zero attached hydrogens (tertiary/aromatic N) is 4. The minimum atomic E-state index is -0.0919. The van der Waals surface area contributed by atoms with Crippen molar-refractivity contribution in [2.45, 2.75) is 27.3 Å². The van der Waals surface area contributed by atoms with Crippen LogP contribution >= 0.6 is 11.6 Å². The molecule has 6 nitrogen and oxygen atoms in total. The summed E-state index contributed by atoms with van der Waals surface area (Å²) in [6, 6.07) is 7.57. The molecule has 1 aromatic carbocycles. The normalized spacial score (nSPS) is 11.4. The standard InChI is InChI=1S/C21H23ClN4O2/c1-13-10-18(25(4)23-13)19(27)8-6-16-7-9-20(28-5)17(11-16)12-26-15(3)21(22)14(2)24-26/h6-11H,12H2,1-5H3/b8-6+. The lowest BCUT2D eigenvalue weighted by Crippen LogP contribution is -2.06. The Labute approximate surface area is 169 Å². The van der Waals surface area contributed by atoms with E-state index in [1.807, 2.05) is 43.7 Å². The largest absolute Gasteiger partial charge is 0.496 e. The van der Waals surface area contributed by atoms with Crippen LogP contribution in [0.2, 0.25) is 5.02 Å². The van der Waals surface area contributed by atoms with Crippen molar-refractivity contribution in [3.8, 4) is 5.75 Å². The first kappa shape index (κ1) is 19.9. The van der Waals surface area contributed by atoms with Crippen LogP contribution in [-0.2, 0) is 13.6 Å². The van der Waals surface area contributed by atoms with E-state index in [2.05, 4.69) is 10.2 Å². The Balaban J connectivity index is 1.87. The molecule has 0 saturated carbocycles. The molecule has 28 heavy (non-hydrogen) atoms. The van der Waals surface area contributed by atoms with Crippen LogP contribution in [0.3, 0.4) is 0 Å². The number of ketones is 1. The Morgan fingerprint density at radius 1 is 1.21 bits per heavy atom. The first-order valence-electron chi connectivity index (χ1n) is 8.89. The van der Waals surface area contributed by atoms with Gasteiger partial charge in [-0.1, -0.05) is 23.7 Å². The van der Waals surface area contributed by atoms with Crippen molar-refractivity contribution in [1.82, 2.24) is 19.6 Å². The summed E-state index contributed by atoms with van der Waals surface area (Å²) in [5.74, 6) is 0.667. The van der Waals surface area contributed by atoms with Gasteiger partial charge in [0.2, 0.25) is 5.78 Å². The lowest BCUT2D eigenvalue weighted by molar-refractivity contribution is 0.103. The highest BCUT2D eigenvalue weighted by Crippen LogP contribution is 2.25. The lowest BCUT2D eigenvalue weighted by Gasteiger charge is -2.11. The average molecular weight is 399 g/mol. The van der Waals surface area contributed by atoms with Crippen molar-refractivity contribution in [2.24, 2.45) is 7.05 Å². The highest BCUT2D eigenvalue weighted by molar-refractivity contribution is 6.31. The van der Waals surface area contributed by atoms with Crippen LogP contribution in [-0.4, -0.2) is 32.5 Å². The second-order valence-electron chi connectivity index (χ2n) is 6.71. The van der Waals surface area contributed by atoms with Crippen LogP contribution in [0.4, 0.5) is 0 Å². The number of carbonyl (C=O) groups is 1. The van der Waals surface area contributed by atoms with Crippen LogP contribution < -0.4 is 4.74 Å². The van der Waals surface area contributed by atoms with E-state index in [-0.39, 0.29) is 5.78 Å². The summed E-state index contributed by atoms with van der Waals surface area (Å²) in [7, 11) is 3.40. The summed E-state index contributed by atoms with van der Waals surface area (Å²) >= 11 is 6.26. The van der Waals surface area contributed by atoms with Crippen molar-refractivity contribution in [1.29, 1.82) is 0 Å². The van der Waals surface area contributed by atoms with Crippen LogP contribution in [0.15, 0.2) is 30.3 Å². The summed E-state index contributed by atoms with van der Waals surface area (Å²) in [5.41, 5.74) is 4.93. The molecule has 0 N–H and O–H groups in total. The predicted octanol–water partition coefficient (Wildman–Crippen LogP) is 4.15. The van der Waals surface area contributed by atoms with Gasteiger partial charge < -0.3 is 4.74 Å². The van der Waals surface area contributed by atoms with Crippen molar-refractivity contribution >= 4 is 23.5 Å². The molecule has 0 fully saturated rings. The summed E-state index contributed by atoms with van der Waals surface area (Å²) in [5, 5.41) is 9.37. The molecule has 3 rings (SSSR count). The maximum atomic E-state index is 12.4. The van der Waals surface area contributed by atoms with Gasteiger partial charge in [0.25, 0.3) is 0 Å². The number of carbonyl (C=O) groups excluding carboxylic acids is 1. The lowest BCUT2D eigenvalue weighted by atomic mass is 10.1. The number of rotatable bonds is 6. The van der Waals surface area contributed by atoms with Gasteiger partial charge in [-0.05, 0) is 50.6 Å². The van der Waals surface area contributed by atoms with Crippen molar-refractivity contribution < 1.29 is 9.53 Å². The van der Waals surface area contributed by atoms with Crippen LogP contribution in [0.5, 0.6) is 5.75 Å². The van der Waals surface area contributed by atoms with Crippen molar-refractivity contribution in [3.05, 3.63) is 69.3 Å². The van der Waals surface area contributed by atoms with Crippen LogP contribution in [0.25, 0.3) is 6.08 Å². The van der Waals surface area contributed by atoms with E-state index in [1.54, 1.807) is 37.1 Å². The van der Waals surface area contributed by atoms with Gasteiger partial charge in [-0.25, -0.2) is 0 Å². The van der Waals surface area contributed by atoms with Gasteiger partial charge in [-0.15, -0.1) is 0 Å². The minimum absolute atomic E-state index is 0.0919. The number of ether oxygens (including phenoxy) is 1. The molecular weight excluding hydrogens is 376 g/mol. The van der Waals surface area contributed by atoms with Crippen LogP contribution in [0, 0.1) is 20.8 Å². The number of allylic oxidation sites excluding steroid dienone is 1. The Bertz CT molecular complexity index is 1060. The second kappa shape index (κ2) is 8.02. The molecule has 2 heterocycles. The first-order valence-corrected chi connectivity index (χ1v) is 9.27. The third-order valence-electron chi connectivity index (χ3n) is 4.60. The molecule has 2 aromatic heterocycles. The molecule has 0 amide bonds. The highest BCUT2D eigenvalue weighted by atomic mass is 35.5.